The Morgan fingerprint density at radius 1 is 0.795 bits per heavy atom. The van der Waals surface area contributed by atoms with E-state index in [4.69, 9.17) is 9.47 Å². The second kappa shape index (κ2) is 12.4. The molecule has 39 heavy (non-hydrogen) atoms. The van der Waals surface area contributed by atoms with E-state index in [1.165, 1.54) is 29.5 Å². The van der Waals surface area contributed by atoms with Gasteiger partial charge in [0.25, 0.3) is 0 Å². The van der Waals surface area contributed by atoms with Crippen LogP contribution in [0.3, 0.4) is 0 Å². The number of hydrogen-bond donors (Lipinski definition) is 1. The Balaban J connectivity index is 1.70. The minimum atomic E-state index is -0.290. The van der Waals surface area contributed by atoms with E-state index in [0.717, 1.165) is 48.4 Å². The summed E-state index contributed by atoms with van der Waals surface area (Å²) in [7, 11) is 0. The fourth-order valence-corrected chi connectivity index (χ4v) is 5.51. The lowest BCUT2D eigenvalue weighted by Crippen LogP contribution is -2.33. The molecular weight excluding hydrogens is 482 g/mol. The summed E-state index contributed by atoms with van der Waals surface area (Å²) in [6.45, 7) is 16.5. The maximum Gasteiger partial charge on any atom is 0.338 e. The van der Waals surface area contributed by atoms with Crippen LogP contribution in [0.1, 0.15) is 88.7 Å². The number of benzene rings is 3. The SMILES string of the molecule is CCCNCCCOc1ccc(-c2ccc(C(=O)OCC)cc2)cc1-c1ccc2c(c1)C(C)(C)CCC2(C)C. The number of esters is 1. The highest BCUT2D eigenvalue weighted by molar-refractivity contribution is 5.90. The fourth-order valence-electron chi connectivity index (χ4n) is 5.51. The summed E-state index contributed by atoms with van der Waals surface area (Å²) in [6, 6.07) is 21.1. The molecule has 0 heterocycles. The maximum atomic E-state index is 12.1. The molecule has 1 aliphatic carbocycles. The van der Waals surface area contributed by atoms with Gasteiger partial charge in [-0.2, -0.15) is 0 Å². The van der Waals surface area contributed by atoms with Crippen molar-refractivity contribution in [2.75, 3.05) is 26.3 Å². The Kier molecular flexibility index (Phi) is 9.17. The minimum absolute atomic E-state index is 0.132. The van der Waals surface area contributed by atoms with E-state index >= 15 is 0 Å². The van der Waals surface area contributed by atoms with E-state index in [0.29, 0.717) is 18.8 Å². The lowest BCUT2D eigenvalue weighted by Gasteiger charge is -2.42. The van der Waals surface area contributed by atoms with Gasteiger partial charge in [0.05, 0.1) is 18.8 Å². The zero-order valence-corrected chi connectivity index (χ0v) is 24.7. The molecule has 4 nitrogen and oxygen atoms in total. The summed E-state index contributed by atoms with van der Waals surface area (Å²) in [5, 5.41) is 3.46. The first-order chi connectivity index (χ1) is 18.7. The van der Waals surface area contributed by atoms with Crippen LogP contribution in [0.4, 0.5) is 0 Å². The molecular formula is C35H45NO3. The Morgan fingerprint density at radius 2 is 1.46 bits per heavy atom. The van der Waals surface area contributed by atoms with Gasteiger partial charge in [0.2, 0.25) is 0 Å². The van der Waals surface area contributed by atoms with E-state index < -0.39 is 0 Å². The number of ether oxygens (including phenoxy) is 2. The zero-order chi connectivity index (χ0) is 28.0. The van der Waals surface area contributed by atoms with Crippen molar-refractivity contribution < 1.29 is 14.3 Å². The molecule has 3 aromatic rings. The van der Waals surface area contributed by atoms with E-state index in [-0.39, 0.29) is 16.8 Å². The summed E-state index contributed by atoms with van der Waals surface area (Å²) >= 11 is 0. The number of hydrogen-bond acceptors (Lipinski definition) is 4. The van der Waals surface area contributed by atoms with Gasteiger partial charge < -0.3 is 14.8 Å². The summed E-state index contributed by atoms with van der Waals surface area (Å²) < 4.78 is 11.5. The van der Waals surface area contributed by atoms with Gasteiger partial charge >= 0.3 is 5.97 Å². The third kappa shape index (κ3) is 6.73. The lowest BCUT2D eigenvalue weighted by atomic mass is 9.63. The molecule has 0 amide bonds. The molecule has 0 saturated heterocycles. The fraction of sp³-hybridized carbons (Fsp3) is 0.457. The molecule has 4 heteroatoms. The number of rotatable bonds is 11. The molecule has 0 unspecified atom stereocenters. The van der Waals surface area contributed by atoms with Crippen molar-refractivity contribution in [1.29, 1.82) is 0 Å². The molecule has 0 aliphatic heterocycles. The van der Waals surface area contributed by atoms with Crippen LogP contribution in [0, 0.1) is 0 Å². The molecule has 4 rings (SSSR count). The molecule has 0 aromatic heterocycles. The van der Waals surface area contributed by atoms with Gasteiger partial charge in [-0.25, -0.2) is 4.79 Å². The van der Waals surface area contributed by atoms with Gasteiger partial charge in [-0.3, -0.25) is 0 Å². The van der Waals surface area contributed by atoms with Gasteiger partial charge in [0.1, 0.15) is 5.75 Å². The van der Waals surface area contributed by atoms with Crippen LogP contribution in [0.2, 0.25) is 0 Å². The molecule has 0 fully saturated rings. The molecule has 0 atom stereocenters. The van der Waals surface area contributed by atoms with Crippen LogP contribution in [-0.2, 0) is 15.6 Å². The third-order valence-corrected chi connectivity index (χ3v) is 8.05. The average molecular weight is 528 g/mol. The zero-order valence-electron chi connectivity index (χ0n) is 24.7. The molecule has 0 radical (unpaired) electrons. The topological polar surface area (TPSA) is 47.6 Å². The normalized spacial score (nSPS) is 15.4. The second-order valence-corrected chi connectivity index (χ2v) is 12.0. The molecule has 1 N–H and O–H groups in total. The maximum absolute atomic E-state index is 12.1. The first-order valence-corrected chi connectivity index (χ1v) is 14.6. The van der Waals surface area contributed by atoms with Crippen molar-refractivity contribution in [1.82, 2.24) is 5.32 Å². The van der Waals surface area contributed by atoms with Crippen LogP contribution in [-0.4, -0.2) is 32.3 Å². The minimum Gasteiger partial charge on any atom is -0.493 e. The highest BCUT2D eigenvalue weighted by Gasteiger charge is 2.37. The number of nitrogens with one attached hydrogen (secondary N) is 1. The van der Waals surface area contributed by atoms with E-state index in [2.05, 4.69) is 76.3 Å². The molecule has 3 aromatic carbocycles. The van der Waals surface area contributed by atoms with Crippen molar-refractivity contribution in [3.63, 3.8) is 0 Å². The Bertz CT molecular complexity index is 1270. The summed E-state index contributed by atoms with van der Waals surface area (Å²) in [6.07, 6.45) is 4.47. The quantitative estimate of drug-likeness (QED) is 0.201. The number of fused-ring (bicyclic) bond motifs is 1. The number of carbonyl (C=O) groups excluding carboxylic acids is 1. The predicted octanol–water partition coefficient (Wildman–Crippen LogP) is 8.31. The van der Waals surface area contributed by atoms with E-state index in [1.807, 2.05) is 31.2 Å². The molecule has 0 spiro atoms. The van der Waals surface area contributed by atoms with Crippen molar-refractivity contribution in [2.45, 2.75) is 78.1 Å². The predicted molar refractivity (Wildman–Crippen MR) is 162 cm³/mol. The van der Waals surface area contributed by atoms with Crippen LogP contribution in [0.5, 0.6) is 5.75 Å². The third-order valence-electron chi connectivity index (χ3n) is 8.05. The lowest BCUT2D eigenvalue weighted by molar-refractivity contribution is 0.0526. The number of carbonyl (C=O) groups is 1. The molecule has 208 valence electrons. The van der Waals surface area contributed by atoms with E-state index in [1.54, 1.807) is 0 Å². The Labute approximate surface area is 235 Å². The Hall–Kier alpha value is -3.11. The Morgan fingerprint density at radius 3 is 2.15 bits per heavy atom. The van der Waals surface area contributed by atoms with Crippen LogP contribution in [0.15, 0.2) is 60.7 Å². The van der Waals surface area contributed by atoms with Gasteiger partial charge in [-0.15, -0.1) is 0 Å². The first kappa shape index (κ1) is 28.9. The average Bonchev–Trinajstić information content (AvgIpc) is 2.93. The largest absolute Gasteiger partial charge is 0.493 e. The summed E-state index contributed by atoms with van der Waals surface area (Å²) in [4.78, 5) is 12.1. The van der Waals surface area contributed by atoms with E-state index in [9.17, 15) is 4.79 Å². The highest BCUT2D eigenvalue weighted by atomic mass is 16.5. The molecule has 0 saturated carbocycles. The van der Waals surface area contributed by atoms with Crippen LogP contribution < -0.4 is 10.1 Å². The summed E-state index contributed by atoms with van der Waals surface area (Å²) in [5.74, 6) is 0.617. The molecule has 0 bridgehead atoms. The van der Waals surface area contributed by atoms with Crippen molar-refractivity contribution >= 4 is 5.97 Å². The monoisotopic (exact) mass is 527 g/mol. The van der Waals surface area contributed by atoms with Gasteiger partial charge in [0, 0.05) is 5.56 Å². The first-order valence-electron chi connectivity index (χ1n) is 14.6. The highest BCUT2D eigenvalue weighted by Crippen LogP contribution is 2.47. The van der Waals surface area contributed by atoms with Crippen LogP contribution >= 0.6 is 0 Å². The van der Waals surface area contributed by atoms with Gasteiger partial charge in [0.15, 0.2) is 0 Å². The second-order valence-electron chi connectivity index (χ2n) is 12.0. The molecule has 1 aliphatic rings. The van der Waals surface area contributed by atoms with Gasteiger partial charge in [-0.1, -0.05) is 71.0 Å². The van der Waals surface area contributed by atoms with Crippen molar-refractivity contribution in [3.8, 4) is 28.0 Å². The van der Waals surface area contributed by atoms with Crippen LogP contribution in [0.25, 0.3) is 22.3 Å². The van der Waals surface area contributed by atoms with Crippen molar-refractivity contribution in [3.05, 3.63) is 77.4 Å². The summed E-state index contributed by atoms with van der Waals surface area (Å²) in [5.41, 5.74) is 8.21. The standard InChI is InChI=1S/C35H45NO3/c1-7-20-36-21-9-22-39-32-17-15-27(25-10-12-26(13-11-25)33(37)38-8-2)23-29(32)28-14-16-30-31(24-28)35(5,6)19-18-34(30,3)4/h10-17,23-24,36H,7-9,18-22H2,1-6H3. The van der Waals surface area contributed by atoms with Gasteiger partial charge in [-0.05, 0) is 109 Å². The van der Waals surface area contributed by atoms with Crippen molar-refractivity contribution in [2.24, 2.45) is 0 Å². The smallest absolute Gasteiger partial charge is 0.338 e.